The minimum absolute atomic E-state index is 0.0683. The molecule has 0 bridgehead atoms. The summed E-state index contributed by atoms with van der Waals surface area (Å²) in [7, 11) is 3.79. The van der Waals surface area contributed by atoms with Gasteiger partial charge in [0.05, 0.1) is 16.5 Å². The van der Waals surface area contributed by atoms with Crippen LogP contribution in [0, 0.1) is 29.8 Å². The summed E-state index contributed by atoms with van der Waals surface area (Å²) < 4.78 is 13.9. The lowest BCUT2D eigenvalue weighted by atomic mass is 10.0. The van der Waals surface area contributed by atoms with Crippen molar-refractivity contribution in [3.63, 3.8) is 0 Å². The summed E-state index contributed by atoms with van der Waals surface area (Å²) in [6.07, 6.45) is 0. The van der Waals surface area contributed by atoms with E-state index >= 15 is 0 Å². The average molecular weight is 359 g/mol. The van der Waals surface area contributed by atoms with E-state index in [9.17, 15) is 19.3 Å². The third-order valence-electron chi connectivity index (χ3n) is 4.32. The zero-order valence-electron chi connectivity index (χ0n) is 15.2. The van der Waals surface area contributed by atoms with Gasteiger partial charge < -0.3 is 10.2 Å². The molecule has 26 heavy (non-hydrogen) atoms. The van der Waals surface area contributed by atoms with E-state index in [-0.39, 0.29) is 23.7 Å². The number of benzene rings is 2. The molecule has 0 aliphatic carbocycles. The Morgan fingerprint density at radius 3 is 2.38 bits per heavy atom. The van der Waals surface area contributed by atoms with Gasteiger partial charge in [-0.3, -0.25) is 14.9 Å². The zero-order chi connectivity index (χ0) is 19.4. The maximum Gasteiger partial charge on any atom is 0.276 e. The van der Waals surface area contributed by atoms with Crippen molar-refractivity contribution < 1.29 is 14.1 Å². The van der Waals surface area contributed by atoms with E-state index in [2.05, 4.69) is 5.32 Å². The Labute approximate surface area is 151 Å². The molecule has 6 nitrogen and oxygen atoms in total. The highest BCUT2D eigenvalue weighted by molar-refractivity contribution is 5.95. The highest BCUT2D eigenvalue weighted by Crippen LogP contribution is 2.23. The van der Waals surface area contributed by atoms with Gasteiger partial charge in [-0.15, -0.1) is 0 Å². The van der Waals surface area contributed by atoms with Gasteiger partial charge in [-0.2, -0.15) is 0 Å². The van der Waals surface area contributed by atoms with Crippen molar-refractivity contribution in [1.82, 2.24) is 10.2 Å². The van der Waals surface area contributed by atoms with Crippen molar-refractivity contribution in [2.45, 2.75) is 19.9 Å². The van der Waals surface area contributed by atoms with E-state index in [1.54, 1.807) is 0 Å². The first kappa shape index (κ1) is 19.5. The maximum atomic E-state index is 13.9. The fourth-order valence-corrected chi connectivity index (χ4v) is 2.66. The molecule has 7 heteroatoms. The van der Waals surface area contributed by atoms with Crippen molar-refractivity contribution in [1.29, 1.82) is 0 Å². The first-order valence-electron chi connectivity index (χ1n) is 8.16. The number of nitrogens with zero attached hydrogens (tertiary/aromatic N) is 2. The third kappa shape index (κ3) is 4.43. The van der Waals surface area contributed by atoms with Crippen molar-refractivity contribution in [3.05, 3.63) is 74.6 Å². The van der Waals surface area contributed by atoms with E-state index in [1.165, 1.54) is 6.92 Å². The number of halogens is 1. The molecule has 0 fully saturated rings. The van der Waals surface area contributed by atoms with E-state index in [1.807, 2.05) is 50.2 Å². The molecule has 1 N–H and O–H groups in total. The van der Waals surface area contributed by atoms with E-state index in [0.717, 1.165) is 23.3 Å². The minimum Gasteiger partial charge on any atom is -0.350 e. The number of nitro groups is 1. The zero-order valence-corrected chi connectivity index (χ0v) is 15.2. The molecule has 0 radical (unpaired) electrons. The number of rotatable bonds is 6. The summed E-state index contributed by atoms with van der Waals surface area (Å²) >= 11 is 0. The molecule has 0 spiro atoms. The van der Waals surface area contributed by atoms with Crippen LogP contribution in [0.1, 0.15) is 33.1 Å². The summed E-state index contributed by atoms with van der Waals surface area (Å²) in [4.78, 5) is 24.7. The van der Waals surface area contributed by atoms with Gasteiger partial charge in [0.1, 0.15) is 5.82 Å². The van der Waals surface area contributed by atoms with Gasteiger partial charge in [-0.1, -0.05) is 29.8 Å². The standard InChI is InChI=1S/C19H22FN3O3/c1-12-5-7-14(8-6-12)18(22(3)4)11-21-19(24)15-9-16(20)13(2)17(10-15)23(25)26/h5-10,18H,11H2,1-4H3,(H,21,24). The van der Waals surface area contributed by atoms with Crippen molar-refractivity contribution in [3.8, 4) is 0 Å². The summed E-state index contributed by atoms with van der Waals surface area (Å²) in [6.45, 7) is 3.60. The van der Waals surface area contributed by atoms with Crippen LogP contribution in [-0.4, -0.2) is 36.4 Å². The van der Waals surface area contributed by atoms with Crippen molar-refractivity contribution in [2.75, 3.05) is 20.6 Å². The molecule has 0 aliphatic rings. The van der Waals surface area contributed by atoms with Crippen LogP contribution in [0.25, 0.3) is 0 Å². The molecule has 1 unspecified atom stereocenters. The number of likely N-dealkylation sites (N-methyl/N-ethyl adjacent to an activating group) is 1. The minimum atomic E-state index is -0.771. The third-order valence-corrected chi connectivity index (χ3v) is 4.32. The largest absolute Gasteiger partial charge is 0.350 e. The SMILES string of the molecule is Cc1ccc(C(CNC(=O)c2cc(F)c(C)c([N+](=O)[O-])c2)N(C)C)cc1. The van der Waals surface area contributed by atoms with Gasteiger partial charge in [0.25, 0.3) is 11.6 Å². The molecule has 2 rings (SSSR count). The van der Waals surface area contributed by atoms with Gasteiger partial charge in [-0.25, -0.2) is 4.39 Å². The Kier molecular flexibility index (Phi) is 6.05. The Morgan fingerprint density at radius 1 is 1.23 bits per heavy atom. The first-order valence-corrected chi connectivity index (χ1v) is 8.16. The van der Waals surface area contributed by atoms with Crippen LogP contribution in [-0.2, 0) is 0 Å². The number of hydrogen-bond acceptors (Lipinski definition) is 4. The molecule has 0 heterocycles. The molecule has 0 aliphatic heterocycles. The van der Waals surface area contributed by atoms with Crippen LogP contribution in [0.15, 0.2) is 36.4 Å². The normalized spacial score (nSPS) is 12.1. The Morgan fingerprint density at radius 2 is 1.85 bits per heavy atom. The predicted molar refractivity (Wildman–Crippen MR) is 97.7 cm³/mol. The second-order valence-electron chi connectivity index (χ2n) is 6.46. The van der Waals surface area contributed by atoms with Crippen LogP contribution < -0.4 is 5.32 Å². The highest BCUT2D eigenvalue weighted by Gasteiger charge is 2.21. The molecular formula is C19H22FN3O3. The number of nitro benzene ring substituents is 1. The number of carbonyl (C=O) groups excluding carboxylic acids is 1. The maximum absolute atomic E-state index is 13.9. The fraction of sp³-hybridized carbons (Fsp3) is 0.316. The number of carbonyl (C=O) groups is 1. The topological polar surface area (TPSA) is 75.5 Å². The van der Waals surface area contributed by atoms with Crippen LogP contribution in [0.4, 0.5) is 10.1 Å². The molecule has 2 aromatic carbocycles. The lowest BCUT2D eigenvalue weighted by Crippen LogP contribution is -2.34. The Balaban J connectivity index is 2.18. The molecule has 2 aromatic rings. The lowest BCUT2D eigenvalue weighted by Gasteiger charge is -2.25. The van der Waals surface area contributed by atoms with Gasteiger partial charge in [0, 0.05) is 18.2 Å². The smallest absolute Gasteiger partial charge is 0.276 e. The molecule has 1 atom stereocenters. The summed E-state index contributed by atoms with van der Waals surface area (Å²) in [6, 6.07) is 10.0. The second-order valence-corrected chi connectivity index (χ2v) is 6.46. The molecule has 0 aromatic heterocycles. The summed E-state index contributed by atoms with van der Waals surface area (Å²) in [5, 5.41) is 13.8. The quantitative estimate of drug-likeness (QED) is 0.634. The number of amides is 1. The van der Waals surface area contributed by atoms with E-state index in [4.69, 9.17) is 0 Å². The molecule has 138 valence electrons. The molecule has 0 saturated heterocycles. The summed E-state index contributed by atoms with van der Waals surface area (Å²) in [5.41, 5.74) is 1.61. The fourth-order valence-electron chi connectivity index (χ4n) is 2.66. The molecule has 1 amide bonds. The number of hydrogen-bond donors (Lipinski definition) is 1. The predicted octanol–water partition coefficient (Wildman–Crippen LogP) is 3.38. The Bertz CT molecular complexity index is 820. The van der Waals surface area contributed by atoms with Crippen molar-refractivity contribution in [2.24, 2.45) is 0 Å². The van der Waals surface area contributed by atoms with Crippen LogP contribution in [0.2, 0.25) is 0 Å². The van der Waals surface area contributed by atoms with Gasteiger partial charge in [0.2, 0.25) is 0 Å². The average Bonchev–Trinajstić information content (AvgIpc) is 2.58. The highest BCUT2D eigenvalue weighted by atomic mass is 19.1. The van der Waals surface area contributed by atoms with Crippen molar-refractivity contribution >= 4 is 11.6 Å². The molecular weight excluding hydrogens is 337 g/mol. The first-order chi connectivity index (χ1) is 12.2. The van der Waals surface area contributed by atoms with E-state index in [0.29, 0.717) is 0 Å². The lowest BCUT2D eigenvalue weighted by molar-refractivity contribution is -0.385. The summed E-state index contributed by atoms with van der Waals surface area (Å²) in [5.74, 6) is -1.32. The van der Waals surface area contributed by atoms with Crippen LogP contribution >= 0.6 is 0 Å². The Hall–Kier alpha value is -2.80. The van der Waals surface area contributed by atoms with Gasteiger partial charge in [0.15, 0.2) is 0 Å². The van der Waals surface area contributed by atoms with Gasteiger partial charge in [-0.05, 0) is 39.6 Å². The van der Waals surface area contributed by atoms with Crippen LogP contribution in [0.3, 0.4) is 0 Å². The number of nitrogens with one attached hydrogen (secondary N) is 1. The van der Waals surface area contributed by atoms with Gasteiger partial charge >= 0.3 is 0 Å². The van der Waals surface area contributed by atoms with E-state index < -0.39 is 22.3 Å². The molecule has 0 saturated carbocycles. The van der Waals surface area contributed by atoms with Crippen LogP contribution in [0.5, 0.6) is 0 Å². The second kappa shape index (κ2) is 8.05. The monoisotopic (exact) mass is 359 g/mol. The number of aryl methyl sites for hydroxylation is 1.